The number of aliphatic carboxylic acids is 2. The van der Waals surface area contributed by atoms with Gasteiger partial charge in [0.2, 0.25) is 6.29 Å². The fraction of sp³-hybridized carbons (Fsp3) is 0.846. The Hall–Kier alpha value is -2.20. The highest BCUT2D eigenvalue weighted by atomic mass is 17.2. The minimum absolute atomic E-state index is 0.0795. The molecule has 0 aromatic rings. The van der Waals surface area contributed by atoms with E-state index in [-0.39, 0.29) is 32.3 Å². The summed E-state index contributed by atoms with van der Waals surface area (Å²) < 4.78 is 5.34. The zero-order chi connectivity index (χ0) is 26.9. The van der Waals surface area contributed by atoms with Crippen LogP contribution in [0.1, 0.15) is 128 Å². The van der Waals surface area contributed by atoms with Crippen LogP contribution in [0.15, 0.2) is 0 Å². The normalized spacial score (nSPS) is 11.7. The van der Waals surface area contributed by atoms with Gasteiger partial charge in [-0.3, -0.25) is 19.3 Å². The number of rotatable bonds is 26. The Kier molecular flexibility index (Phi) is 23.0. The molecule has 210 valence electrons. The Bertz CT molecular complexity index is 593. The fourth-order valence-electron chi connectivity index (χ4n) is 3.59. The van der Waals surface area contributed by atoms with E-state index in [0.717, 1.165) is 57.8 Å². The molecule has 3 N–H and O–H groups in total. The lowest BCUT2D eigenvalue weighted by Crippen LogP contribution is -2.23. The summed E-state index contributed by atoms with van der Waals surface area (Å²) in [5, 5.41) is 26.1. The molecule has 36 heavy (non-hydrogen) atoms. The first-order valence-corrected chi connectivity index (χ1v) is 13.4. The van der Waals surface area contributed by atoms with Crippen LogP contribution in [0.25, 0.3) is 0 Å². The number of unbranched alkanes of at least 4 members (excludes halogenated alkanes) is 12. The van der Waals surface area contributed by atoms with Crippen LogP contribution in [-0.4, -0.2) is 52.1 Å². The van der Waals surface area contributed by atoms with Gasteiger partial charge in [-0.15, -0.1) is 4.89 Å². The summed E-state index contributed by atoms with van der Waals surface area (Å²) >= 11 is 0. The number of hydrogen-bond donors (Lipinski definition) is 3. The highest BCUT2D eigenvalue weighted by Gasteiger charge is 2.18. The molecule has 0 aliphatic carbocycles. The van der Waals surface area contributed by atoms with E-state index in [2.05, 4.69) is 0 Å². The Labute approximate surface area is 214 Å². The molecule has 0 heterocycles. The third kappa shape index (κ3) is 24.9. The molecular formula is C26H46O10. The zero-order valence-corrected chi connectivity index (χ0v) is 21.6. The van der Waals surface area contributed by atoms with Crippen LogP contribution in [0.5, 0.6) is 0 Å². The van der Waals surface area contributed by atoms with Crippen LogP contribution < -0.4 is 0 Å². The van der Waals surface area contributed by atoms with Crippen molar-refractivity contribution >= 4 is 23.9 Å². The molecule has 10 nitrogen and oxygen atoms in total. The van der Waals surface area contributed by atoms with Crippen molar-refractivity contribution in [1.29, 1.82) is 0 Å². The van der Waals surface area contributed by atoms with Crippen molar-refractivity contribution in [3.8, 4) is 0 Å². The van der Waals surface area contributed by atoms with E-state index in [1.165, 1.54) is 0 Å². The van der Waals surface area contributed by atoms with Crippen LogP contribution in [-0.2, 0) is 33.7 Å². The van der Waals surface area contributed by atoms with Gasteiger partial charge in [0, 0.05) is 38.7 Å². The summed E-state index contributed by atoms with van der Waals surface area (Å²) in [6.45, 7) is 0.0795. The minimum atomic E-state index is -0.981. The summed E-state index contributed by atoms with van der Waals surface area (Å²) in [4.78, 5) is 55.1. The number of ether oxygens (including phenoxy) is 1. The van der Waals surface area contributed by atoms with Gasteiger partial charge in [0.15, 0.2) is 0 Å². The van der Waals surface area contributed by atoms with Gasteiger partial charge in [0.1, 0.15) is 0 Å². The Balaban J connectivity index is 4.06. The average Bonchev–Trinajstić information content (AvgIpc) is 2.83. The molecular weight excluding hydrogens is 472 g/mol. The van der Waals surface area contributed by atoms with Gasteiger partial charge >= 0.3 is 23.9 Å². The van der Waals surface area contributed by atoms with Crippen molar-refractivity contribution in [1.82, 2.24) is 0 Å². The first kappa shape index (κ1) is 33.8. The van der Waals surface area contributed by atoms with Gasteiger partial charge in [0.25, 0.3) is 0 Å². The van der Waals surface area contributed by atoms with Gasteiger partial charge in [0.05, 0.1) is 0 Å². The summed E-state index contributed by atoms with van der Waals surface area (Å²) in [6.07, 6.45) is 11.9. The van der Waals surface area contributed by atoms with Crippen molar-refractivity contribution in [2.24, 2.45) is 0 Å². The zero-order valence-electron chi connectivity index (χ0n) is 21.6. The average molecular weight is 519 g/mol. The molecule has 0 radical (unpaired) electrons. The van der Waals surface area contributed by atoms with Crippen LogP contribution in [0.2, 0.25) is 0 Å². The second-order valence-electron chi connectivity index (χ2n) is 9.07. The number of esters is 1. The maximum absolute atomic E-state index is 12.2. The molecule has 0 aliphatic heterocycles. The summed E-state index contributed by atoms with van der Waals surface area (Å²) in [7, 11) is 0. The Morgan fingerprint density at radius 1 is 0.528 bits per heavy atom. The monoisotopic (exact) mass is 518 g/mol. The molecule has 0 rings (SSSR count). The predicted octanol–water partition coefficient (Wildman–Crippen LogP) is 5.29. The molecule has 0 saturated heterocycles. The first-order chi connectivity index (χ1) is 17.3. The lowest BCUT2D eigenvalue weighted by Gasteiger charge is -2.17. The van der Waals surface area contributed by atoms with E-state index in [1.54, 1.807) is 0 Å². The molecule has 0 aromatic carbocycles. The van der Waals surface area contributed by atoms with Gasteiger partial charge in [-0.25, -0.2) is 4.79 Å². The highest BCUT2D eigenvalue weighted by Crippen LogP contribution is 2.14. The summed E-state index contributed by atoms with van der Waals surface area (Å²) in [5.41, 5.74) is 0. The number of aliphatic hydroxyl groups is 1. The molecule has 10 heteroatoms. The number of aliphatic hydroxyl groups excluding tert-OH is 1. The van der Waals surface area contributed by atoms with Crippen LogP contribution in [0.4, 0.5) is 0 Å². The molecule has 0 aliphatic rings. The first-order valence-electron chi connectivity index (χ1n) is 13.4. The largest absolute Gasteiger partial charge is 0.481 e. The predicted molar refractivity (Wildman–Crippen MR) is 132 cm³/mol. The van der Waals surface area contributed by atoms with E-state index in [4.69, 9.17) is 29.8 Å². The van der Waals surface area contributed by atoms with Crippen LogP contribution in [0, 0.1) is 0 Å². The van der Waals surface area contributed by atoms with Gasteiger partial charge in [-0.2, -0.15) is 0 Å². The van der Waals surface area contributed by atoms with Crippen molar-refractivity contribution in [2.45, 2.75) is 135 Å². The molecule has 0 bridgehead atoms. The standard InChI is InChI=1S/C26H46O10/c27-21-15-9-14-20-26(34-24(32)18-12-7-3-1-5-10-16-22(28)29)36-35-25(33)19-13-8-4-2-6-11-17-23(30)31/h26-27H,1-21H2,(H,28,29)(H,30,31). The molecule has 1 unspecified atom stereocenters. The highest BCUT2D eigenvalue weighted by molar-refractivity contribution is 5.69. The Morgan fingerprint density at radius 2 is 0.944 bits per heavy atom. The second kappa shape index (κ2) is 24.5. The lowest BCUT2D eigenvalue weighted by atomic mass is 10.1. The number of hydrogen-bond acceptors (Lipinski definition) is 8. The van der Waals surface area contributed by atoms with Crippen LogP contribution in [0.3, 0.4) is 0 Å². The van der Waals surface area contributed by atoms with Crippen molar-refractivity contribution in [3.63, 3.8) is 0 Å². The summed E-state index contributed by atoms with van der Waals surface area (Å²) in [6, 6.07) is 0. The van der Waals surface area contributed by atoms with E-state index >= 15 is 0 Å². The molecule has 1 atom stereocenters. The quantitative estimate of drug-likeness (QED) is 0.0451. The molecule has 0 spiro atoms. The van der Waals surface area contributed by atoms with Gasteiger partial charge in [-0.05, 0) is 38.5 Å². The van der Waals surface area contributed by atoms with Crippen molar-refractivity contribution in [3.05, 3.63) is 0 Å². The SMILES string of the molecule is O=C(O)CCCCCCCCC(=O)OOC(CCCCCO)OC(=O)CCCCCCCCC(=O)O. The van der Waals surface area contributed by atoms with Gasteiger partial charge < -0.3 is 20.1 Å². The topological polar surface area (TPSA) is 157 Å². The second-order valence-corrected chi connectivity index (χ2v) is 9.07. The third-order valence-corrected chi connectivity index (χ3v) is 5.65. The molecule has 0 amide bonds. The van der Waals surface area contributed by atoms with Crippen molar-refractivity contribution in [2.75, 3.05) is 6.61 Å². The number of carbonyl (C=O) groups is 4. The summed E-state index contributed by atoms with van der Waals surface area (Å²) in [5.74, 6) is -2.51. The molecule has 0 fully saturated rings. The minimum Gasteiger partial charge on any atom is -0.481 e. The molecule has 0 saturated carbocycles. The fourth-order valence-corrected chi connectivity index (χ4v) is 3.59. The lowest BCUT2D eigenvalue weighted by molar-refractivity contribution is -0.345. The van der Waals surface area contributed by atoms with Gasteiger partial charge in [-0.1, -0.05) is 57.8 Å². The van der Waals surface area contributed by atoms with E-state index in [9.17, 15) is 19.2 Å². The molecule has 0 aromatic heterocycles. The Morgan fingerprint density at radius 3 is 1.42 bits per heavy atom. The van der Waals surface area contributed by atoms with E-state index in [1.807, 2.05) is 0 Å². The number of carbonyl (C=O) groups excluding carboxylic acids is 2. The van der Waals surface area contributed by atoms with E-state index < -0.39 is 30.2 Å². The maximum atomic E-state index is 12.2. The van der Waals surface area contributed by atoms with Crippen molar-refractivity contribution < 1.29 is 49.0 Å². The number of carboxylic acid groups (broad SMARTS) is 2. The van der Waals surface area contributed by atoms with E-state index in [0.29, 0.717) is 44.9 Å². The number of carboxylic acids is 2. The smallest absolute Gasteiger partial charge is 0.342 e. The maximum Gasteiger partial charge on any atom is 0.342 e. The third-order valence-electron chi connectivity index (χ3n) is 5.65. The van der Waals surface area contributed by atoms with Crippen LogP contribution >= 0.6 is 0 Å².